The number of alkyl halides is 1. The van der Waals surface area contributed by atoms with Crippen molar-refractivity contribution >= 4 is 27.5 Å². The van der Waals surface area contributed by atoms with Gasteiger partial charge in [0.1, 0.15) is 0 Å². The zero-order valence-corrected chi connectivity index (χ0v) is 14.3. The molecule has 2 atom stereocenters. The zero-order chi connectivity index (χ0) is 14.7. The molecule has 1 aromatic carbocycles. The van der Waals surface area contributed by atoms with E-state index in [9.17, 15) is 0 Å². The highest BCUT2D eigenvalue weighted by Gasteiger charge is 2.21. The molecule has 0 aromatic heterocycles. The van der Waals surface area contributed by atoms with E-state index in [4.69, 9.17) is 25.8 Å². The van der Waals surface area contributed by atoms with Gasteiger partial charge in [0.05, 0.1) is 19.3 Å². The molecule has 5 heteroatoms. The highest BCUT2D eigenvalue weighted by atomic mass is 79.9. The fourth-order valence-electron chi connectivity index (χ4n) is 2.80. The molecule has 0 aliphatic carbocycles. The minimum Gasteiger partial charge on any atom is -0.490 e. The van der Waals surface area contributed by atoms with Crippen LogP contribution in [0.25, 0.3) is 0 Å². The number of rotatable bonds is 4. The van der Waals surface area contributed by atoms with E-state index < -0.39 is 0 Å². The SMILES string of the molecule is Clc1cc2c(cc1C(Br)CCC1CCCO1)OCCCO2. The Morgan fingerprint density at radius 2 is 1.90 bits per heavy atom. The van der Waals surface area contributed by atoms with Gasteiger partial charge in [-0.05, 0) is 37.3 Å². The first-order chi connectivity index (χ1) is 10.2. The van der Waals surface area contributed by atoms with Gasteiger partial charge in [0.15, 0.2) is 11.5 Å². The van der Waals surface area contributed by atoms with Crippen LogP contribution in [0.5, 0.6) is 11.5 Å². The number of hydrogen-bond acceptors (Lipinski definition) is 3. The molecule has 0 N–H and O–H groups in total. The number of hydrogen-bond donors (Lipinski definition) is 0. The van der Waals surface area contributed by atoms with Gasteiger partial charge in [-0.3, -0.25) is 0 Å². The standard InChI is InChI=1S/C16H20BrClO3/c17-13(5-4-11-3-1-6-19-11)12-9-15-16(10-14(12)18)21-8-2-7-20-15/h9-11,13H,1-8H2. The van der Waals surface area contributed by atoms with Crippen molar-refractivity contribution in [2.75, 3.05) is 19.8 Å². The molecule has 0 amide bonds. The minimum atomic E-state index is 0.214. The van der Waals surface area contributed by atoms with Gasteiger partial charge < -0.3 is 14.2 Å². The fraction of sp³-hybridized carbons (Fsp3) is 0.625. The van der Waals surface area contributed by atoms with Crippen LogP contribution in [-0.4, -0.2) is 25.9 Å². The van der Waals surface area contributed by atoms with E-state index >= 15 is 0 Å². The van der Waals surface area contributed by atoms with Gasteiger partial charge in [-0.2, -0.15) is 0 Å². The first kappa shape index (κ1) is 15.4. The molecule has 1 saturated heterocycles. The second-order valence-electron chi connectivity index (χ2n) is 5.55. The summed E-state index contributed by atoms with van der Waals surface area (Å²) < 4.78 is 17.1. The zero-order valence-electron chi connectivity index (χ0n) is 11.9. The van der Waals surface area contributed by atoms with Crippen LogP contribution in [0.4, 0.5) is 0 Å². The van der Waals surface area contributed by atoms with Crippen LogP contribution in [0.3, 0.4) is 0 Å². The Balaban J connectivity index is 1.69. The summed E-state index contributed by atoms with van der Waals surface area (Å²) in [6.07, 6.45) is 5.73. The molecule has 0 saturated carbocycles. The first-order valence-corrected chi connectivity index (χ1v) is 8.88. The van der Waals surface area contributed by atoms with Crippen molar-refractivity contribution in [2.24, 2.45) is 0 Å². The monoisotopic (exact) mass is 374 g/mol. The number of ether oxygens (including phenoxy) is 3. The van der Waals surface area contributed by atoms with E-state index in [1.807, 2.05) is 12.1 Å². The summed E-state index contributed by atoms with van der Waals surface area (Å²) in [5.74, 6) is 1.55. The van der Waals surface area contributed by atoms with Crippen molar-refractivity contribution in [3.63, 3.8) is 0 Å². The van der Waals surface area contributed by atoms with Gasteiger partial charge in [-0.15, -0.1) is 0 Å². The molecule has 2 heterocycles. The summed E-state index contributed by atoms with van der Waals surface area (Å²) in [4.78, 5) is 0.214. The summed E-state index contributed by atoms with van der Waals surface area (Å²) in [5.41, 5.74) is 1.07. The predicted octanol–water partition coefficient (Wildman–Crippen LogP) is 4.90. The fourth-order valence-corrected chi connectivity index (χ4v) is 3.86. The summed E-state index contributed by atoms with van der Waals surface area (Å²) in [7, 11) is 0. The molecule has 2 aliphatic rings. The topological polar surface area (TPSA) is 27.7 Å². The van der Waals surface area contributed by atoms with Gasteiger partial charge in [0, 0.05) is 28.9 Å². The summed E-state index contributed by atoms with van der Waals surface area (Å²) in [6.45, 7) is 2.28. The number of fused-ring (bicyclic) bond motifs is 1. The molecule has 0 bridgehead atoms. The summed E-state index contributed by atoms with van der Waals surface area (Å²) in [5, 5.41) is 0.730. The molecule has 116 valence electrons. The van der Waals surface area contributed by atoms with Crippen molar-refractivity contribution in [2.45, 2.75) is 43.0 Å². The van der Waals surface area contributed by atoms with Crippen LogP contribution in [0, 0.1) is 0 Å². The second kappa shape index (κ2) is 7.21. The maximum absolute atomic E-state index is 6.41. The number of benzene rings is 1. The van der Waals surface area contributed by atoms with E-state index in [2.05, 4.69) is 15.9 Å². The van der Waals surface area contributed by atoms with E-state index in [1.165, 1.54) is 12.8 Å². The normalized spacial score (nSPS) is 22.9. The Morgan fingerprint density at radius 3 is 2.62 bits per heavy atom. The maximum atomic E-state index is 6.41. The average molecular weight is 376 g/mol. The Morgan fingerprint density at radius 1 is 1.14 bits per heavy atom. The van der Waals surface area contributed by atoms with Crippen LogP contribution in [0.2, 0.25) is 5.02 Å². The minimum absolute atomic E-state index is 0.214. The summed E-state index contributed by atoms with van der Waals surface area (Å²) >= 11 is 10.2. The van der Waals surface area contributed by atoms with Gasteiger partial charge in [0.25, 0.3) is 0 Å². The van der Waals surface area contributed by atoms with Crippen molar-refractivity contribution in [3.05, 3.63) is 22.7 Å². The summed E-state index contributed by atoms with van der Waals surface area (Å²) in [6, 6.07) is 3.88. The molecule has 0 radical (unpaired) electrons. The molecular weight excluding hydrogens is 356 g/mol. The predicted molar refractivity (Wildman–Crippen MR) is 86.9 cm³/mol. The lowest BCUT2D eigenvalue weighted by atomic mass is 10.0. The van der Waals surface area contributed by atoms with Crippen molar-refractivity contribution in [1.29, 1.82) is 0 Å². The van der Waals surface area contributed by atoms with Crippen molar-refractivity contribution in [3.8, 4) is 11.5 Å². The Kier molecular flexibility index (Phi) is 5.30. The van der Waals surface area contributed by atoms with Crippen molar-refractivity contribution in [1.82, 2.24) is 0 Å². The molecular formula is C16H20BrClO3. The van der Waals surface area contributed by atoms with Gasteiger partial charge in [-0.1, -0.05) is 27.5 Å². The van der Waals surface area contributed by atoms with Crippen LogP contribution in [0.1, 0.15) is 42.5 Å². The number of halogens is 2. The molecule has 3 nitrogen and oxygen atoms in total. The smallest absolute Gasteiger partial charge is 0.162 e. The molecule has 1 fully saturated rings. The first-order valence-electron chi connectivity index (χ1n) is 7.59. The largest absolute Gasteiger partial charge is 0.490 e. The van der Waals surface area contributed by atoms with Gasteiger partial charge >= 0.3 is 0 Å². The molecule has 3 rings (SSSR count). The maximum Gasteiger partial charge on any atom is 0.162 e. The lowest BCUT2D eigenvalue weighted by molar-refractivity contribution is 0.102. The van der Waals surface area contributed by atoms with Crippen LogP contribution in [-0.2, 0) is 4.74 Å². The highest BCUT2D eigenvalue weighted by Crippen LogP contribution is 2.41. The Hall–Kier alpha value is -0.450. The average Bonchev–Trinajstić information content (AvgIpc) is 2.89. The lowest BCUT2D eigenvalue weighted by Gasteiger charge is -2.17. The third-order valence-corrected chi connectivity index (χ3v) is 5.25. The third-order valence-electron chi connectivity index (χ3n) is 3.97. The van der Waals surface area contributed by atoms with E-state index in [0.29, 0.717) is 19.3 Å². The van der Waals surface area contributed by atoms with Gasteiger partial charge in [-0.25, -0.2) is 0 Å². The quantitative estimate of drug-likeness (QED) is 0.701. The lowest BCUT2D eigenvalue weighted by Crippen LogP contribution is -2.06. The van der Waals surface area contributed by atoms with E-state index in [-0.39, 0.29) is 4.83 Å². The Labute approximate surface area is 139 Å². The molecule has 2 aliphatic heterocycles. The highest BCUT2D eigenvalue weighted by molar-refractivity contribution is 9.09. The molecule has 1 aromatic rings. The van der Waals surface area contributed by atoms with Crippen LogP contribution in [0.15, 0.2) is 12.1 Å². The van der Waals surface area contributed by atoms with Crippen molar-refractivity contribution < 1.29 is 14.2 Å². The molecule has 2 unspecified atom stereocenters. The van der Waals surface area contributed by atoms with Crippen LogP contribution < -0.4 is 9.47 Å². The van der Waals surface area contributed by atoms with Gasteiger partial charge in [0.2, 0.25) is 0 Å². The van der Waals surface area contributed by atoms with E-state index in [1.54, 1.807) is 0 Å². The molecule has 21 heavy (non-hydrogen) atoms. The third kappa shape index (κ3) is 3.85. The Bertz CT molecular complexity index is 489. The van der Waals surface area contributed by atoms with E-state index in [0.717, 1.165) is 48.0 Å². The molecule has 0 spiro atoms. The second-order valence-corrected chi connectivity index (χ2v) is 7.06. The van der Waals surface area contributed by atoms with Crippen LogP contribution >= 0.6 is 27.5 Å².